The Morgan fingerprint density at radius 1 is 1.00 bits per heavy atom. The maximum Gasteiger partial charge on any atom is 0.264 e. The minimum atomic E-state index is -3.85. The van der Waals surface area contributed by atoms with Crippen LogP contribution in [0.4, 0.5) is 5.69 Å². The summed E-state index contributed by atoms with van der Waals surface area (Å²) in [7, 11) is -3.85. The van der Waals surface area contributed by atoms with E-state index in [1.165, 1.54) is 5.56 Å². The molecule has 3 heterocycles. The van der Waals surface area contributed by atoms with E-state index in [1.54, 1.807) is 48.7 Å². The Hall–Kier alpha value is -3.75. The predicted molar refractivity (Wildman–Crippen MR) is 143 cm³/mol. The molecule has 1 N–H and O–H groups in total. The summed E-state index contributed by atoms with van der Waals surface area (Å²) < 4.78 is 29.8. The third-order valence-electron chi connectivity index (χ3n) is 7.90. The fraction of sp³-hybridized carbons (Fsp3) is 0.241. The first-order valence-corrected chi connectivity index (χ1v) is 13.9. The van der Waals surface area contributed by atoms with Crippen molar-refractivity contribution in [3.05, 3.63) is 102 Å². The predicted octanol–water partition coefficient (Wildman–Crippen LogP) is 4.28. The van der Waals surface area contributed by atoms with E-state index in [0.717, 1.165) is 36.0 Å². The molecule has 0 spiro atoms. The Labute approximate surface area is 217 Å². The number of rotatable bonds is 6. The van der Waals surface area contributed by atoms with E-state index in [1.807, 2.05) is 23.1 Å². The number of hydrogen-bond acceptors (Lipinski definition) is 4. The molecule has 0 radical (unpaired) electrons. The van der Waals surface area contributed by atoms with E-state index in [2.05, 4.69) is 40.9 Å². The van der Waals surface area contributed by atoms with Crippen molar-refractivity contribution >= 4 is 32.5 Å². The van der Waals surface area contributed by atoms with Gasteiger partial charge in [-0.2, -0.15) is 0 Å². The molecule has 8 heteroatoms. The van der Waals surface area contributed by atoms with Gasteiger partial charge in [0.1, 0.15) is 18.0 Å². The molecule has 0 bridgehead atoms. The van der Waals surface area contributed by atoms with Gasteiger partial charge in [-0.05, 0) is 43.3 Å². The molecule has 4 aromatic rings. The third kappa shape index (κ3) is 4.26. The lowest BCUT2D eigenvalue weighted by Crippen LogP contribution is -2.53. The number of sulfonamides is 1. The maximum absolute atomic E-state index is 13.3. The largest absolute Gasteiger partial charge is 0.326 e. The summed E-state index contributed by atoms with van der Waals surface area (Å²) >= 11 is 0. The maximum atomic E-state index is 13.3. The second-order valence-electron chi connectivity index (χ2n) is 10.4. The number of piperazine rings is 1. The van der Waals surface area contributed by atoms with Crippen molar-refractivity contribution in [2.24, 2.45) is 0 Å². The van der Waals surface area contributed by atoms with Gasteiger partial charge in [0.15, 0.2) is 5.54 Å². The van der Waals surface area contributed by atoms with Gasteiger partial charge in [-0.25, -0.2) is 8.42 Å². The summed E-state index contributed by atoms with van der Waals surface area (Å²) in [5.74, 6) is -0.0155. The van der Waals surface area contributed by atoms with Gasteiger partial charge in [-0.3, -0.25) is 14.5 Å². The van der Waals surface area contributed by atoms with Crippen LogP contribution in [0.25, 0.3) is 10.9 Å². The Bertz CT molecular complexity index is 1590. The molecule has 1 aromatic heterocycles. The van der Waals surface area contributed by atoms with Gasteiger partial charge in [0, 0.05) is 28.4 Å². The van der Waals surface area contributed by atoms with Crippen molar-refractivity contribution in [3.8, 4) is 0 Å². The van der Waals surface area contributed by atoms with Crippen LogP contribution in [-0.4, -0.2) is 60.4 Å². The molecule has 3 aromatic carbocycles. The number of quaternary nitrogens is 1. The number of para-hydroxylation sites is 1. The van der Waals surface area contributed by atoms with Gasteiger partial charge in [-0.15, -0.1) is 0 Å². The molecule has 1 amide bonds. The summed E-state index contributed by atoms with van der Waals surface area (Å²) in [6, 6.07) is 25.9. The van der Waals surface area contributed by atoms with E-state index in [-0.39, 0.29) is 16.3 Å². The molecule has 2 saturated heterocycles. The van der Waals surface area contributed by atoms with Gasteiger partial charge in [-0.1, -0.05) is 48.5 Å². The normalized spacial score (nSPS) is 22.9. The molecule has 0 saturated carbocycles. The first-order valence-electron chi connectivity index (χ1n) is 12.4. The summed E-state index contributed by atoms with van der Waals surface area (Å²) in [5, 5.41) is 0.753. The second kappa shape index (κ2) is 8.68. The number of fused-ring (bicyclic) bond motifs is 2. The number of amides is 1. The highest BCUT2D eigenvalue weighted by atomic mass is 32.2. The lowest BCUT2D eigenvalue weighted by Gasteiger charge is -2.36. The number of anilines is 1. The van der Waals surface area contributed by atoms with E-state index >= 15 is 0 Å². The number of hydrogen-bond donors (Lipinski definition) is 1. The van der Waals surface area contributed by atoms with Crippen molar-refractivity contribution in [2.45, 2.75) is 23.9 Å². The monoisotopic (exact) mass is 513 g/mol. The lowest BCUT2D eigenvalue weighted by molar-refractivity contribution is -0.846. The highest BCUT2D eigenvalue weighted by Crippen LogP contribution is 2.47. The summed E-state index contributed by atoms with van der Waals surface area (Å²) in [6.45, 7) is 6.73. The Morgan fingerprint density at radius 2 is 1.76 bits per heavy atom. The van der Waals surface area contributed by atoms with Crippen LogP contribution in [0.1, 0.15) is 22.8 Å². The van der Waals surface area contributed by atoms with Crippen LogP contribution < -0.4 is 4.72 Å². The van der Waals surface area contributed by atoms with Crippen LogP contribution in [-0.2, 0) is 16.6 Å². The molecule has 2 aliphatic heterocycles. The molecular weight excluding hydrogens is 484 g/mol. The fourth-order valence-electron chi connectivity index (χ4n) is 5.77. The van der Waals surface area contributed by atoms with Gasteiger partial charge in [0.05, 0.1) is 25.2 Å². The first kappa shape index (κ1) is 23.6. The third-order valence-corrected chi connectivity index (χ3v) is 9.31. The number of nitrogens with one attached hydrogen (secondary N) is 1. The van der Waals surface area contributed by atoms with Crippen molar-refractivity contribution < 1.29 is 17.7 Å². The van der Waals surface area contributed by atoms with Crippen LogP contribution in [0.3, 0.4) is 0 Å². The number of nitrogens with zero attached hydrogens (tertiary/aromatic N) is 3. The fourth-order valence-corrected chi connectivity index (χ4v) is 7.01. The molecule has 2 aliphatic rings. The smallest absolute Gasteiger partial charge is 0.264 e. The number of carbonyl (C=O) groups is 1. The highest BCUT2D eigenvalue weighted by molar-refractivity contribution is 7.93. The van der Waals surface area contributed by atoms with Crippen LogP contribution >= 0.6 is 0 Å². The average molecular weight is 514 g/mol. The molecule has 2 unspecified atom stereocenters. The van der Waals surface area contributed by atoms with Gasteiger partial charge in [0.2, 0.25) is 0 Å². The first-order chi connectivity index (χ1) is 17.8. The number of benzene rings is 3. The summed E-state index contributed by atoms with van der Waals surface area (Å²) in [6.07, 6.45) is 1.58. The van der Waals surface area contributed by atoms with Crippen LogP contribution in [0.15, 0.2) is 96.0 Å². The van der Waals surface area contributed by atoms with E-state index < -0.39 is 10.0 Å². The van der Waals surface area contributed by atoms with E-state index in [0.29, 0.717) is 23.3 Å². The average Bonchev–Trinajstić information content (AvgIpc) is 3.52. The molecule has 2 atom stereocenters. The number of pyridine rings is 1. The molecule has 0 aliphatic carbocycles. The Morgan fingerprint density at radius 3 is 2.51 bits per heavy atom. The molecule has 37 heavy (non-hydrogen) atoms. The van der Waals surface area contributed by atoms with Gasteiger partial charge in [0.25, 0.3) is 15.9 Å². The zero-order valence-electron chi connectivity index (χ0n) is 20.7. The van der Waals surface area contributed by atoms with Crippen LogP contribution in [0.2, 0.25) is 0 Å². The van der Waals surface area contributed by atoms with E-state index in [4.69, 9.17) is 0 Å². The zero-order valence-corrected chi connectivity index (χ0v) is 21.5. The minimum absolute atomic E-state index is 0.0155. The molecule has 6 rings (SSSR count). The number of carbonyl (C=O) groups excluding carboxylic acids is 1. The van der Waals surface area contributed by atoms with E-state index in [9.17, 15) is 13.2 Å². The zero-order chi connectivity index (χ0) is 25.7. The second-order valence-corrected chi connectivity index (χ2v) is 12.1. The van der Waals surface area contributed by atoms with Crippen LogP contribution in [0.5, 0.6) is 0 Å². The Balaban J connectivity index is 1.14. The quantitative estimate of drug-likeness (QED) is 0.308. The lowest BCUT2D eigenvalue weighted by atomic mass is 10.1. The van der Waals surface area contributed by atoms with Crippen LogP contribution in [0, 0.1) is 0 Å². The minimum Gasteiger partial charge on any atom is -0.326 e. The van der Waals surface area contributed by atoms with Gasteiger partial charge < -0.3 is 9.38 Å². The summed E-state index contributed by atoms with van der Waals surface area (Å²) in [4.78, 5) is 19.6. The molecular formula is C29H29N4O3S+. The molecule has 7 nitrogen and oxygen atoms in total. The standard InChI is InChI=1S/C29H28N4O3S/c1-29-20-32(17-18-33(29,21-29)19-22-7-3-2-4-8-22)28(34)24-12-14-25(15-13-24)31-37(35,36)26-11-5-9-23-10-6-16-30-27(23)26/h2-16H,17-21H2,1H3/p+1. The number of aromatic nitrogens is 1. The Kier molecular flexibility index (Phi) is 5.54. The molecule has 188 valence electrons. The highest BCUT2D eigenvalue weighted by Gasteiger charge is 2.68. The van der Waals surface area contributed by atoms with Crippen molar-refractivity contribution in [1.29, 1.82) is 0 Å². The van der Waals surface area contributed by atoms with Crippen molar-refractivity contribution in [3.63, 3.8) is 0 Å². The van der Waals surface area contributed by atoms with Crippen molar-refractivity contribution in [1.82, 2.24) is 9.88 Å². The van der Waals surface area contributed by atoms with Gasteiger partial charge >= 0.3 is 0 Å². The molecule has 2 fully saturated rings. The SMILES string of the molecule is CC12CN(C(=O)c3ccc(NS(=O)(=O)c4cccc5cccnc45)cc3)CC[N+]1(Cc1ccccc1)C2. The summed E-state index contributed by atoms with van der Waals surface area (Å²) in [5.41, 5.74) is 2.79. The van der Waals surface area contributed by atoms with Crippen molar-refractivity contribution in [2.75, 3.05) is 30.9 Å². The topological polar surface area (TPSA) is 79.4 Å².